The first-order chi connectivity index (χ1) is 6.04. The van der Waals surface area contributed by atoms with E-state index in [0.717, 1.165) is 12.2 Å². The Bertz CT molecular complexity index is 294. The second-order valence-electron chi connectivity index (χ2n) is 4.21. The fourth-order valence-electron chi connectivity index (χ4n) is 1.11. The molecule has 0 spiro atoms. The minimum Gasteiger partial charge on any atom is -0.362 e. The Labute approximate surface area is 81.1 Å². The highest BCUT2D eigenvalue weighted by atomic mass is 28.3. The lowest BCUT2D eigenvalue weighted by atomic mass is 10.5. The Morgan fingerprint density at radius 2 is 2.08 bits per heavy atom. The third-order valence-corrected chi connectivity index (χ3v) is 3.84. The average molecular weight is 194 g/mol. The van der Waals surface area contributed by atoms with Crippen LogP contribution in [0.4, 0.5) is 0 Å². The van der Waals surface area contributed by atoms with Crippen LogP contribution in [0.15, 0.2) is 17.1 Å². The van der Waals surface area contributed by atoms with E-state index in [0.29, 0.717) is 0 Å². The standard InChI is InChI=1S/C10H18N2Si/c1-5-11-8-9-6-7-10(12-9)13(2,3)4/h6-8,12H,5H2,1-4H3/b11-8+. The highest BCUT2D eigenvalue weighted by Gasteiger charge is 2.17. The first-order valence-electron chi connectivity index (χ1n) is 4.73. The maximum atomic E-state index is 4.20. The normalized spacial score (nSPS) is 12.6. The molecule has 0 aromatic carbocycles. The number of rotatable bonds is 3. The van der Waals surface area contributed by atoms with Crippen molar-refractivity contribution < 1.29 is 0 Å². The maximum absolute atomic E-state index is 4.20. The number of H-pyrrole nitrogens is 1. The predicted molar refractivity (Wildman–Crippen MR) is 61.9 cm³/mol. The van der Waals surface area contributed by atoms with Crippen LogP contribution in [0.3, 0.4) is 0 Å². The van der Waals surface area contributed by atoms with Crippen LogP contribution in [-0.4, -0.2) is 25.8 Å². The Balaban J connectivity index is 2.81. The summed E-state index contributed by atoms with van der Waals surface area (Å²) in [6.07, 6.45) is 1.91. The predicted octanol–water partition coefficient (Wildman–Crippen LogP) is 2.00. The first-order valence-corrected chi connectivity index (χ1v) is 8.23. The van der Waals surface area contributed by atoms with Crippen molar-refractivity contribution in [1.29, 1.82) is 0 Å². The molecule has 0 radical (unpaired) electrons. The van der Waals surface area contributed by atoms with Gasteiger partial charge < -0.3 is 4.98 Å². The number of nitrogens with one attached hydrogen (secondary N) is 1. The van der Waals surface area contributed by atoms with Gasteiger partial charge in [-0.25, -0.2) is 0 Å². The molecule has 0 aliphatic heterocycles. The van der Waals surface area contributed by atoms with Crippen LogP contribution in [0, 0.1) is 0 Å². The lowest BCUT2D eigenvalue weighted by Gasteiger charge is -2.12. The van der Waals surface area contributed by atoms with Gasteiger partial charge in [-0.2, -0.15) is 0 Å². The van der Waals surface area contributed by atoms with Gasteiger partial charge in [0.25, 0.3) is 0 Å². The Morgan fingerprint density at radius 1 is 1.38 bits per heavy atom. The van der Waals surface area contributed by atoms with Gasteiger partial charge in [-0.3, -0.25) is 4.99 Å². The molecule has 0 unspecified atom stereocenters. The van der Waals surface area contributed by atoms with E-state index in [1.807, 2.05) is 13.1 Å². The van der Waals surface area contributed by atoms with Gasteiger partial charge in [-0.15, -0.1) is 0 Å². The monoisotopic (exact) mass is 194 g/mol. The van der Waals surface area contributed by atoms with Crippen molar-refractivity contribution in [1.82, 2.24) is 4.98 Å². The SMILES string of the molecule is CC/N=C/c1ccc([Si](C)(C)C)[nH]1. The van der Waals surface area contributed by atoms with Crippen LogP contribution in [-0.2, 0) is 0 Å². The Kier molecular flexibility index (Phi) is 3.09. The van der Waals surface area contributed by atoms with Gasteiger partial charge in [-0.1, -0.05) is 19.6 Å². The average Bonchev–Trinajstić information content (AvgIpc) is 2.47. The summed E-state index contributed by atoms with van der Waals surface area (Å²) in [5.74, 6) is 0. The van der Waals surface area contributed by atoms with Crippen LogP contribution in [0.1, 0.15) is 12.6 Å². The van der Waals surface area contributed by atoms with Crippen LogP contribution in [0.5, 0.6) is 0 Å². The zero-order valence-corrected chi connectivity index (χ0v) is 9.89. The van der Waals surface area contributed by atoms with Crippen molar-refractivity contribution in [2.75, 3.05) is 6.54 Å². The molecule has 3 heteroatoms. The second-order valence-corrected chi connectivity index (χ2v) is 9.24. The molecule has 2 nitrogen and oxygen atoms in total. The quantitative estimate of drug-likeness (QED) is 0.563. The smallest absolute Gasteiger partial charge is 0.0981 e. The van der Waals surface area contributed by atoms with E-state index in [9.17, 15) is 0 Å². The molecule has 72 valence electrons. The maximum Gasteiger partial charge on any atom is 0.0981 e. The van der Waals surface area contributed by atoms with Crippen LogP contribution < -0.4 is 5.32 Å². The summed E-state index contributed by atoms with van der Waals surface area (Å²) in [5.41, 5.74) is 1.12. The van der Waals surface area contributed by atoms with Gasteiger partial charge in [0.05, 0.1) is 13.8 Å². The molecule has 1 N–H and O–H groups in total. The lowest BCUT2D eigenvalue weighted by Crippen LogP contribution is -2.38. The van der Waals surface area contributed by atoms with Gasteiger partial charge >= 0.3 is 0 Å². The number of aliphatic imine (C=N–C) groups is 1. The molecular formula is C10H18N2Si. The van der Waals surface area contributed by atoms with Crippen molar-refractivity contribution in [2.24, 2.45) is 4.99 Å². The molecule has 1 heterocycles. The van der Waals surface area contributed by atoms with E-state index in [-0.39, 0.29) is 0 Å². The van der Waals surface area contributed by atoms with Gasteiger partial charge in [-0.05, 0) is 24.4 Å². The Morgan fingerprint density at radius 3 is 2.54 bits per heavy atom. The highest BCUT2D eigenvalue weighted by molar-refractivity contribution is 6.88. The van der Waals surface area contributed by atoms with E-state index in [4.69, 9.17) is 0 Å². The van der Waals surface area contributed by atoms with E-state index >= 15 is 0 Å². The van der Waals surface area contributed by atoms with Crippen LogP contribution in [0.25, 0.3) is 0 Å². The second kappa shape index (κ2) is 3.92. The van der Waals surface area contributed by atoms with E-state index in [1.165, 1.54) is 5.32 Å². The van der Waals surface area contributed by atoms with Crippen LogP contribution in [0.2, 0.25) is 19.6 Å². The largest absolute Gasteiger partial charge is 0.362 e. The van der Waals surface area contributed by atoms with E-state index in [1.54, 1.807) is 0 Å². The molecule has 0 aliphatic carbocycles. The number of nitrogens with zero attached hydrogens (tertiary/aromatic N) is 1. The van der Waals surface area contributed by atoms with Gasteiger partial charge in [0, 0.05) is 12.8 Å². The molecule has 0 fully saturated rings. The molecule has 13 heavy (non-hydrogen) atoms. The summed E-state index contributed by atoms with van der Waals surface area (Å²) in [6.45, 7) is 9.89. The molecular weight excluding hydrogens is 176 g/mol. The summed E-state index contributed by atoms with van der Waals surface area (Å²) in [4.78, 5) is 7.60. The number of aromatic nitrogens is 1. The van der Waals surface area contributed by atoms with Crippen molar-refractivity contribution in [3.8, 4) is 0 Å². The van der Waals surface area contributed by atoms with Gasteiger partial charge in [0.1, 0.15) is 0 Å². The zero-order chi connectivity index (χ0) is 9.90. The number of hydrogen-bond acceptors (Lipinski definition) is 1. The zero-order valence-electron chi connectivity index (χ0n) is 8.89. The molecule has 0 atom stereocenters. The third-order valence-electron chi connectivity index (χ3n) is 1.93. The van der Waals surface area contributed by atoms with E-state index in [2.05, 4.69) is 41.8 Å². The fourth-order valence-corrected chi connectivity index (χ4v) is 2.22. The van der Waals surface area contributed by atoms with Gasteiger partial charge in [0.15, 0.2) is 0 Å². The number of aromatic amines is 1. The molecule has 0 saturated carbocycles. The molecule has 1 aromatic heterocycles. The van der Waals surface area contributed by atoms with Crippen LogP contribution >= 0.6 is 0 Å². The Hall–Kier alpha value is -0.833. The third kappa shape index (κ3) is 2.84. The molecule has 0 aliphatic rings. The van der Waals surface area contributed by atoms with Crippen molar-refractivity contribution >= 4 is 19.6 Å². The number of hydrogen-bond donors (Lipinski definition) is 1. The molecule has 1 rings (SSSR count). The minimum atomic E-state index is -1.17. The fraction of sp³-hybridized carbons (Fsp3) is 0.500. The topological polar surface area (TPSA) is 28.1 Å². The van der Waals surface area contributed by atoms with Crippen molar-refractivity contribution in [3.05, 3.63) is 17.8 Å². The summed E-state index contributed by atoms with van der Waals surface area (Å²) in [6, 6.07) is 4.29. The van der Waals surface area contributed by atoms with Gasteiger partial charge in [0.2, 0.25) is 0 Å². The summed E-state index contributed by atoms with van der Waals surface area (Å²) >= 11 is 0. The first kappa shape index (κ1) is 10.2. The van der Waals surface area contributed by atoms with Crippen molar-refractivity contribution in [3.63, 3.8) is 0 Å². The lowest BCUT2D eigenvalue weighted by molar-refractivity contribution is 1.14. The molecule has 0 bridgehead atoms. The summed E-state index contributed by atoms with van der Waals surface area (Å²) in [7, 11) is -1.17. The molecule has 0 amide bonds. The molecule has 1 aromatic rings. The molecule has 0 saturated heterocycles. The van der Waals surface area contributed by atoms with Crippen molar-refractivity contribution in [2.45, 2.75) is 26.6 Å². The van der Waals surface area contributed by atoms with E-state index < -0.39 is 8.07 Å². The summed E-state index contributed by atoms with van der Waals surface area (Å²) in [5, 5.41) is 1.39. The highest BCUT2D eigenvalue weighted by Crippen LogP contribution is 2.01. The minimum absolute atomic E-state index is 0.849. The summed E-state index contributed by atoms with van der Waals surface area (Å²) < 4.78 is 0.